The number of carbonyl (C=O) groups excluding carboxylic acids is 1. The molecule has 0 aliphatic carbocycles. The van der Waals surface area contributed by atoms with E-state index in [1.54, 1.807) is 0 Å². The highest BCUT2D eigenvalue weighted by Crippen LogP contribution is 2.17. The number of nitrogens with one attached hydrogen (secondary N) is 2. The van der Waals surface area contributed by atoms with Gasteiger partial charge in [0.15, 0.2) is 0 Å². The van der Waals surface area contributed by atoms with E-state index in [1.807, 2.05) is 24.3 Å². The number of anilines is 2. The highest BCUT2D eigenvalue weighted by Gasteiger charge is 2.14. The second-order valence-electron chi connectivity index (χ2n) is 3.90. The third kappa shape index (κ3) is 3.35. The van der Waals surface area contributed by atoms with Gasteiger partial charge in [0.25, 0.3) is 0 Å². The van der Waals surface area contributed by atoms with Gasteiger partial charge in [0, 0.05) is 18.0 Å². The van der Waals surface area contributed by atoms with Crippen molar-refractivity contribution in [2.24, 2.45) is 0 Å². The molecule has 17 heavy (non-hydrogen) atoms. The summed E-state index contributed by atoms with van der Waals surface area (Å²) >= 11 is 0. The molecule has 1 aliphatic heterocycles. The summed E-state index contributed by atoms with van der Waals surface area (Å²) in [4.78, 5) is 11.0. The van der Waals surface area contributed by atoms with Crippen LogP contribution in [0.3, 0.4) is 0 Å². The SMILES string of the molecule is COC(=O)Nc1ccc(NC2CCOC2)cc1. The standard InChI is InChI=1S/C12H16N2O3/c1-16-12(15)14-10-4-2-9(3-5-10)13-11-6-7-17-8-11/h2-5,11,13H,6-8H2,1H3,(H,14,15). The lowest BCUT2D eigenvalue weighted by Crippen LogP contribution is -2.18. The van der Waals surface area contributed by atoms with Gasteiger partial charge in [-0.25, -0.2) is 4.79 Å². The van der Waals surface area contributed by atoms with Gasteiger partial charge in [-0.1, -0.05) is 0 Å². The van der Waals surface area contributed by atoms with Crippen LogP contribution in [0.15, 0.2) is 24.3 Å². The highest BCUT2D eigenvalue weighted by atomic mass is 16.5. The molecular formula is C12H16N2O3. The van der Waals surface area contributed by atoms with Crippen molar-refractivity contribution in [2.45, 2.75) is 12.5 Å². The molecule has 5 nitrogen and oxygen atoms in total. The maximum atomic E-state index is 11.0. The predicted molar refractivity (Wildman–Crippen MR) is 65.3 cm³/mol. The molecule has 2 rings (SSSR count). The lowest BCUT2D eigenvalue weighted by Gasteiger charge is -2.12. The van der Waals surface area contributed by atoms with Crippen LogP contribution in [0.25, 0.3) is 0 Å². The number of amides is 1. The fourth-order valence-electron chi connectivity index (χ4n) is 1.70. The number of carbonyl (C=O) groups is 1. The van der Waals surface area contributed by atoms with Gasteiger partial charge in [-0.15, -0.1) is 0 Å². The van der Waals surface area contributed by atoms with E-state index in [-0.39, 0.29) is 0 Å². The maximum absolute atomic E-state index is 11.0. The van der Waals surface area contributed by atoms with Crippen molar-refractivity contribution in [3.8, 4) is 0 Å². The Morgan fingerprint density at radius 1 is 1.35 bits per heavy atom. The largest absolute Gasteiger partial charge is 0.453 e. The van der Waals surface area contributed by atoms with Gasteiger partial charge in [0.05, 0.1) is 19.8 Å². The van der Waals surface area contributed by atoms with Crippen molar-refractivity contribution < 1.29 is 14.3 Å². The molecule has 0 spiro atoms. The topological polar surface area (TPSA) is 59.6 Å². The van der Waals surface area contributed by atoms with Crippen LogP contribution >= 0.6 is 0 Å². The lowest BCUT2D eigenvalue weighted by molar-refractivity contribution is 0.187. The van der Waals surface area contributed by atoms with Crippen LogP contribution in [0, 0.1) is 0 Å². The van der Waals surface area contributed by atoms with E-state index in [0.29, 0.717) is 11.7 Å². The minimum Gasteiger partial charge on any atom is -0.453 e. The molecule has 1 saturated heterocycles. The Kier molecular flexibility index (Phi) is 3.82. The number of hydrogen-bond donors (Lipinski definition) is 2. The van der Waals surface area contributed by atoms with Gasteiger partial charge in [-0.3, -0.25) is 5.32 Å². The van der Waals surface area contributed by atoms with E-state index in [1.165, 1.54) is 7.11 Å². The Labute approximate surface area is 100 Å². The smallest absolute Gasteiger partial charge is 0.411 e. The van der Waals surface area contributed by atoms with Crippen molar-refractivity contribution >= 4 is 17.5 Å². The maximum Gasteiger partial charge on any atom is 0.411 e. The molecule has 0 aromatic heterocycles. The minimum atomic E-state index is -0.463. The first-order valence-corrected chi connectivity index (χ1v) is 5.57. The molecule has 1 fully saturated rings. The molecule has 92 valence electrons. The molecule has 1 aromatic carbocycles. The molecular weight excluding hydrogens is 220 g/mol. The summed E-state index contributed by atoms with van der Waals surface area (Å²) in [6.07, 6.45) is 0.567. The first kappa shape index (κ1) is 11.7. The Morgan fingerprint density at radius 2 is 2.06 bits per heavy atom. The third-order valence-corrected chi connectivity index (χ3v) is 2.62. The number of rotatable bonds is 3. The summed E-state index contributed by atoms with van der Waals surface area (Å²) in [7, 11) is 1.34. The van der Waals surface area contributed by atoms with Gasteiger partial charge in [-0.2, -0.15) is 0 Å². The number of methoxy groups -OCH3 is 1. The quantitative estimate of drug-likeness (QED) is 0.843. The van der Waals surface area contributed by atoms with Crippen molar-refractivity contribution in [2.75, 3.05) is 31.0 Å². The Bertz CT molecular complexity index is 372. The predicted octanol–water partition coefficient (Wildman–Crippen LogP) is 2.07. The molecule has 1 unspecified atom stereocenters. The molecule has 0 radical (unpaired) electrons. The fraction of sp³-hybridized carbons (Fsp3) is 0.417. The molecule has 0 saturated carbocycles. The summed E-state index contributed by atoms with van der Waals surface area (Å²) in [6, 6.07) is 7.88. The van der Waals surface area contributed by atoms with Crippen LogP contribution in [0.1, 0.15) is 6.42 Å². The zero-order valence-corrected chi connectivity index (χ0v) is 9.73. The molecule has 0 bridgehead atoms. The molecule has 1 aliphatic rings. The van der Waals surface area contributed by atoms with Crippen molar-refractivity contribution in [3.05, 3.63) is 24.3 Å². The number of hydrogen-bond acceptors (Lipinski definition) is 4. The molecule has 1 aromatic rings. The summed E-state index contributed by atoms with van der Waals surface area (Å²) in [5, 5.41) is 5.97. The Balaban J connectivity index is 1.90. The molecule has 1 amide bonds. The number of ether oxygens (including phenoxy) is 2. The van der Waals surface area contributed by atoms with E-state index in [2.05, 4.69) is 15.4 Å². The average molecular weight is 236 g/mol. The first-order chi connectivity index (χ1) is 8.28. The van der Waals surface area contributed by atoms with Crippen molar-refractivity contribution in [1.29, 1.82) is 0 Å². The summed E-state index contributed by atoms with van der Waals surface area (Å²) in [6.45, 7) is 1.57. The van der Waals surface area contributed by atoms with Gasteiger partial charge < -0.3 is 14.8 Å². The van der Waals surface area contributed by atoms with Crippen LogP contribution in [0.2, 0.25) is 0 Å². The summed E-state index contributed by atoms with van der Waals surface area (Å²) in [5.74, 6) is 0. The summed E-state index contributed by atoms with van der Waals surface area (Å²) in [5.41, 5.74) is 1.74. The van der Waals surface area contributed by atoms with Gasteiger partial charge in [-0.05, 0) is 30.7 Å². The van der Waals surface area contributed by atoms with E-state index < -0.39 is 6.09 Å². The van der Waals surface area contributed by atoms with Gasteiger partial charge >= 0.3 is 6.09 Å². The Hall–Kier alpha value is -1.75. The fourth-order valence-corrected chi connectivity index (χ4v) is 1.70. The normalized spacial score (nSPS) is 18.8. The van der Waals surface area contributed by atoms with E-state index >= 15 is 0 Å². The van der Waals surface area contributed by atoms with Crippen LogP contribution in [0.4, 0.5) is 16.2 Å². The minimum absolute atomic E-state index is 0.384. The first-order valence-electron chi connectivity index (χ1n) is 5.57. The van der Waals surface area contributed by atoms with E-state index in [4.69, 9.17) is 4.74 Å². The van der Waals surface area contributed by atoms with Gasteiger partial charge in [0.1, 0.15) is 0 Å². The van der Waals surface area contributed by atoms with Gasteiger partial charge in [0.2, 0.25) is 0 Å². The highest BCUT2D eigenvalue weighted by molar-refractivity contribution is 5.84. The second-order valence-corrected chi connectivity index (χ2v) is 3.90. The van der Waals surface area contributed by atoms with E-state index in [9.17, 15) is 4.79 Å². The van der Waals surface area contributed by atoms with E-state index in [0.717, 1.165) is 25.3 Å². The lowest BCUT2D eigenvalue weighted by atomic mass is 10.2. The number of benzene rings is 1. The van der Waals surface area contributed by atoms with Crippen LogP contribution in [0.5, 0.6) is 0 Å². The van der Waals surface area contributed by atoms with Crippen LogP contribution in [-0.4, -0.2) is 32.5 Å². The second kappa shape index (κ2) is 5.54. The zero-order chi connectivity index (χ0) is 12.1. The van der Waals surface area contributed by atoms with Crippen LogP contribution in [-0.2, 0) is 9.47 Å². The summed E-state index contributed by atoms with van der Waals surface area (Å²) < 4.78 is 9.79. The third-order valence-electron chi connectivity index (χ3n) is 2.62. The zero-order valence-electron chi connectivity index (χ0n) is 9.73. The Morgan fingerprint density at radius 3 is 2.65 bits per heavy atom. The average Bonchev–Trinajstić information content (AvgIpc) is 2.84. The molecule has 1 heterocycles. The molecule has 5 heteroatoms. The monoisotopic (exact) mass is 236 g/mol. The van der Waals surface area contributed by atoms with Crippen LogP contribution < -0.4 is 10.6 Å². The van der Waals surface area contributed by atoms with Crippen molar-refractivity contribution in [1.82, 2.24) is 0 Å². The molecule has 1 atom stereocenters. The molecule has 2 N–H and O–H groups in total. The van der Waals surface area contributed by atoms with Crippen molar-refractivity contribution in [3.63, 3.8) is 0 Å².